The zero-order chi connectivity index (χ0) is 18.6. The summed E-state index contributed by atoms with van der Waals surface area (Å²) in [4.78, 5) is 13.0. The number of nitrogens with two attached hydrogens (primary N) is 1. The summed E-state index contributed by atoms with van der Waals surface area (Å²) in [5.74, 6) is 1.61. The second-order valence-corrected chi connectivity index (χ2v) is 6.00. The van der Waals surface area contributed by atoms with Crippen LogP contribution in [-0.4, -0.2) is 26.7 Å². The van der Waals surface area contributed by atoms with Gasteiger partial charge in [-0.3, -0.25) is 0 Å². The lowest BCUT2D eigenvalue weighted by Crippen LogP contribution is -2.08. The highest BCUT2D eigenvalue weighted by atomic mass is 19.1. The lowest BCUT2D eigenvalue weighted by Gasteiger charge is -2.06. The summed E-state index contributed by atoms with van der Waals surface area (Å²) in [6.45, 7) is 0.631. The molecule has 2 aromatic heterocycles. The first-order valence-electron chi connectivity index (χ1n) is 8.54. The molecule has 0 bridgehead atoms. The van der Waals surface area contributed by atoms with E-state index in [1.54, 1.807) is 12.1 Å². The number of nitrogen functional groups attached to an aromatic ring is 1. The molecule has 0 aliphatic carbocycles. The maximum atomic E-state index is 13.0. The fraction of sp³-hybridized carbons (Fsp3) is 0.158. The number of fused-ring (bicyclic) bond motifs is 1. The summed E-state index contributed by atoms with van der Waals surface area (Å²) in [6.07, 6.45) is 1.35. The van der Waals surface area contributed by atoms with Gasteiger partial charge in [0.1, 0.15) is 11.6 Å². The van der Waals surface area contributed by atoms with Crippen LogP contribution in [0.1, 0.15) is 12.3 Å². The van der Waals surface area contributed by atoms with Crippen LogP contribution in [0.3, 0.4) is 0 Å². The van der Waals surface area contributed by atoms with Gasteiger partial charge in [0.15, 0.2) is 0 Å². The van der Waals surface area contributed by atoms with Gasteiger partial charge in [-0.15, -0.1) is 0 Å². The van der Waals surface area contributed by atoms with Gasteiger partial charge in [-0.2, -0.15) is 9.97 Å². The van der Waals surface area contributed by atoms with Crippen LogP contribution in [0.5, 0.6) is 0 Å². The highest BCUT2D eigenvalue weighted by Gasteiger charge is 2.09. The molecule has 0 fully saturated rings. The first-order valence-corrected chi connectivity index (χ1v) is 8.54. The Bertz CT molecular complexity index is 1060. The number of para-hydroxylation sites is 1. The summed E-state index contributed by atoms with van der Waals surface area (Å²) >= 11 is 0. The smallest absolute Gasteiger partial charge is 0.227 e. The quantitative estimate of drug-likeness (QED) is 0.505. The van der Waals surface area contributed by atoms with Crippen molar-refractivity contribution in [2.75, 3.05) is 17.6 Å². The standard InChI is InChI=1S/C19H17FN6O/c20-13-9-7-12(8-10-13)18-24-16(27-26-18)6-3-11-22-19-23-15-5-2-1-4-14(15)17(21)25-19/h1-2,4-5,7-10H,3,6,11H2,(H3,21,22,23,25). The van der Waals surface area contributed by atoms with Crippen molar-refractivity contribution in [3.05, 3.63) is 60.2 Å². The van der Waals surface area contributed by atoms with Crippen LogP contribution in [0.4, 0.5) is 16.2 Å². The molecule has 0 spiro atoms. The lowest BCUT2D eigenvalue weighted by molar-refractivity contribution is 0.377. The maximum Gasteiger partial charge on any atom is 0.227 e. The van der Waals surface area contributed by atoms with E-state index in [4.69, 9.17) is 10.3 Å². The second kappa shape index (κ2) is 7.36. The van der Waals surface area contributed by atoms with Gasteiger partial charge in [0, 0.05) is 23.9 Å². The van der Waals surface area contributed by atoms with Crippen molar-refractivity contribution in [2.45, 2.75) is 12.8 Å². The Morgan fingerprint density at radius 1 is 1.00 bits per heavy atom. The lowest BCUT2D eigenvalue weighted by atomic mass is 10.2. The highest BCUT2D eigenvalue weighted by Crippen LogP contribution is 2.19. The molecular formula is C19H17FN6O. The largest absolute Gasteiger partial charge is 0.383 e. The minimum Gasteiger partial charge on any atom is -0.383 e. The number of halogens is 1. The first kappa shape index (κ1) is 16.9. The fourth-order valence-corrected chi connectivity index (χ4v) is 2.69. The number of nitrogens with zero attached hydrogens (tertiary/aromatic N) is 4. The SMILES string of the molecule is Nc1nc(NCCCc2nc(-c3ccc(F)cc3)no2)nc2ccccc12. The zero-order valence-corrected chi connectivity index (χ0v) is 14.4. The highest BCUT2D eigenvalue weighted by molar-refractivity contribution is 5.88. The van der Waals surface area contributed by atoms with Crippen LogP contribution >= 0.6 is 0 Å². The topological polar surface area (TPSA) is 103 Å². The number of aryl methyl sites for hydroxylation is 1. The van der Waals surface area contributed by atoms with E-state index in [0.29, 0.717) is 42.0 Å². The van der Waals surface area contributed by atoms with Crippen LogP contribution in [0.25, 0.3) is 22.3 Å². The van der Waals surface area contributed by atoms with E-state index >= 15 is 0 Å². The van der Waals surface area contributed by atoms with Crippen molar-refractivity contribution in [2.24, 2.45) is 0 Å². The van der Waals surface area contributed by atoms with Gasteiger partial charge in [-0.25, -0.2) is 9.37 Å². The van der Waals surface area contributed by atoms with E-state index in [2.05, 4.69) is 25.4 Å². The molecule has 0 unspecified atom stereocenters. The average Bonchev–Trinajstić information content (AvgIpc) is 3.15. The second-order valence-electron chi connectivity index (χ2n) is 6.00. The molecule has 3 N–H and O–H groups in total. The van der Waals surface area contributed by atoms with Crippen molar-refractivity contribution in [3.63, 3.8) is 0 Å². The number of rotatable bonds is 6. The Morgan fingerprint density at radius 3 is 2.67 bits per heavy atom. The molecule has 0 aliphatic heterocycles. The number of aromatic nitrogens is 4. The third-order valence-electron chi connectivity index (χ3n) is 4.05. The molecule has 4 rings (SSSR count). The molecule has 136 valence electrons. The molecule has 0 radical (unpaired) electrons. The molecule has 0 aliphatic rings. The molecule has 4 aromatic rings. The van der Waals surface area contributed by atoms with Crippen LogP contribution in [0, 0.1) is 5.82 Å². The third kappa shape index (κ3) is 3.84. The molecule has 0 amide bonds. The molecule has 7 nitrogen and oxygen atoms in total. The molecule has 0 saturated carbocycles. The van der Waals surface area contributed by atoms with Crippen LogP contribution < -0.4 is 11.1 Å². The Balaban J connectivity index is 1.33. The minimum atomic E-state index is -0.301. The van der Waals surface area contributed by atoms with Gasteiger partial charge in [-0.05, 0) is 42.8 Å². The number of benzene rings is 2. The van der Waals surface area contributed by atoms with E-state index < -0.39 is 0 Å². The van der Waals surface area contributed by atoms with Gasteiger partial charge in [0.2, 0.25) is 17.7 Å². The van der Waals surface area contributed by atoms with Gasteiger partial charge < -0.3 is 15.6 Å². The molecular weight excluding hydrogens is 347 g/mol. The summed E-state index contributed by atoms with van der Waals surface area (Å²) in [5.41, 5.74) is 7.48. The monoisotopic (exact) mass is 364 g/mol. The summed E-state index contributed by atoms with van der Waals surface area (Å²) in [7, 11) is 0. The summed E-state index contributed by atoms with van der Waals surface area (Å²) < 4.78 is 18.2. The molecule has 8 heteroatoms. The van der Waals surface area contributed by atoms with Crippen molar-refractivity contribution in [3.8, 4) is 11.4 Å². The van der Waals surface area contributed by atoms with Gasteiger partial charge in [0.05, 0.1) is 5.52 Å². The number of anilines is 2. The maximum absolute atomic E-state index is 13.0. The van der Waals surface area contributed by atoms with E-state index in [9.17, 15) is 4.39 Å². The molecule has 0 saturated heterocycles. The Kier molecular flexibility index (Phi) is 4.61. The molecule has 27 heavy (non-hydrogen) atoms. The summed E-state index contributed by atoms with van der Waals surface area (Å²) in [5, 5.41) is 7.92. The third-order valence-corrected chi connectivity index (χ3v) is 4.05. The molecule has 2 heterocycles. The number of hydrogen-bond acceptors (Lipinski definition) is 7. The number of nitrogens with one attached hydrogen (secondary N) is 1. The zero-order valence-electron chi connectivity index (χ0n) is 14.4. The van der Waals surface area contributed by atoms with Gasteiger partial charge in [-0.1, -0.05) is 17.3 Å². The van der Waals surface area contributed by atoms with Crippen molar-refractivity contribution in [1.29, 1.82) is 0 Å². The average molecular weight is 364 g/mol. The minimum absolute atomic E-state index is 0.301. The van der Waals surface area contributed by atoms with Gasteiger partial charge in [0.25, 0.3) is 0 Å². The Hall–Kier alpha value is -3.55. The van der Waals surface area contributed by atoms with Crippen LogP contribution in [0.2, 0.25) is 0 Å². The normalized spacial score (nSPS) is 11.0. The first-order chi connectivity index (χ1) is 13.2. The van der Waals surface area contributed by atoms with Crippen LogP contribution in [0.15, 0.2) is 53.1 Å². The van der Waals surface area contributed by atoms with Crippen molar-refractivity contribution >= 4 is 22.7 Å². The van der Waals surface area contributed by atoms with Gasteiger partial charge >= 0.3 is 0 Å². The van der Waals surface area contributed by atoms with Crippen molar-refractivity contribution in [1.82, 2.24) is 20.1 Å². The number of hydrogen-bond donors (Lipinski definition) is 2. The molecule has 2 aromatic carbocycles. The van der Waals surface area contributed by atoms with E-state index in [-0.39, 0.29) is 5.82 Å². The van der Waals surface area contributed by atoms with E-state index in [0.717, 1.165) is 17.3 Å². The van der Waals surface area contributed by atoms with Crippen LogP contribution in [-0.2, 0) is 6.42 Å². The predicted octanol–water partition coefficient (Wildman–Crippen LogP) is 3.45. The van der Waals surface area contributed by atoms with E-state index in [1.165, 1.54) is 12.1 Å². The summed E-state index contributed by atoms with van der Waals surface area (Å²) in [6, 6.07) is 13.6. The predicted molar refractivity (Wildman–Crippen MR) is 100 cm³/mol. The fourth-order valence-electron chi connectivity index (χ4n) is 2.69. The Morgan fingerprint density at radius 2 is 1.81 bits per heavy atom. The Labute approximate surface area is 154 Å². The van der Waals surface area contributed by atoms with Crippen molar-refractivity contribution < 1.29 is 8.91 Å². The molecule has 0 atom stereocenters. The van der Waals surface area contributed by atoms with E-state index in [1.807, 2.05) is 24.3 Å².